The van der Waals surface area contributed by atoms with Crippen LogP contribution in [-0.4, -0.2) is 151 Å². The summed E-state index contributed by atoms with van der Waals surface area (Å²) in [4.78, 5) is 170. The highest BCUT2D eigenvalue weighted by atomic mass is 127. The Kier molecular flexibility index (Phi) is 128. The zero-order valence-corrected chi connectivity index (χ0v) is 43.4. The van der Waals surface area contributed by atoms with E-state index >= 15 is 0 Å². The van der Waals surface area contributed by atoms with Gasteiger partial charge in [0.2, 0.25) is 71.6 Å². The summed E-state index contributed by atoms with van der Waals surface area (Å²) in [5.41, 5.74) is 4.82. The van der Waals surface area contributed by atoms with Crippen LogP contribution in [-0.2, 0) is 67.2 Å². The van der Waals surface area contributed by atoms with Crippen LogP contribution in [0.5, 0.6) is 0 Å². The van der Waals surface area contributed by atoms with Crippen molar-refractivity contribution in [2.75, 3.05) is 79.1 Å². The summed E-state index contributed by atoms with van der Waals surface area (Å²) in [6.45, 7) is 5.22. The van der Waals surface area contributed by atoms with E-state index in [0.29, 0.717) is 13.3 Å². The smallest absolute Gasteiger partial charge is 0.236 e. The molecule has 0 rings (SSSR count). The van der Waals surface area contributed by atoms with Crippen molar-refractivity contribution in [3.05, 3.63) is 0 Å². The first-order valence-electron chi connectivity index (χ1n) is 20.1. The molecule has 0 heterocycles. The van der Waals surface area contributed by atoms with Crippen molar-refractivity contribution in [3.8, 4) is 0 Å². The Balaban J connectivity index is -0.0000000459. The molecule has 0 aliphatic carbocycles. The minimum Gasteiger partial charge on any atom is -0.820 e. The van der Waals surface area contributed by atoms with Crippen molar-refractivity contribution in [2.24, 2.45) is 20.0 Å². The summed E-state index contributed by atoms with van der Waals surface area (Å²) in [5.74, 6) is -6.74. The summed E-state index contributed by atoms with van der Waals surface area (Å²) in [7, 11) is 2.50. The van der Waals surface area contributed by atoms with Crippen LogP contribution in [0.4, 0.5) is 0 Å². The van der Waals surface area contributed by atoms with Crippen LogP contribution in [0, 0.1) is 0 Å². The maximum Gasteiger partial charge on any atom is 0.236 e. The van der Waals surface area contributed by atoms with E-state index in [1.54, 1.807) is 44.1 Å². The first-order chi connectivity index (χ1) is 33.5. The summed E-state index contributed by atoms with van der Waals surface area (Å²) < 4.78 is 11.5. The zero-order chi connectivity index (χ0) is 54.6. The molecule has 0 fully saturated rings. The summed E-state index contributed by atoms with van der Waals surface area (Å²) in [6.07, 6.45) is 3.67. The lowest BCUT2D eigenvalue weighted by Crippen LogP contribution is -2.39. The van der Waals surface area contributed by atoms with Gasteiger partial charge in [-0.05, 0) is 13.1 Å². The van der Waals surface area contributed by atoms with Gasteiger partial charge in [-0.2, -0.15) is 30.9 Å². The Morgan fingerprint density at radius 3 is 0.782 bits per heavy atom. The second kappa shape index (κ2) is 91.7. The molecule has 0 saturated heterocycles. The molecule has 32 nitrogen and oxygen atoms in total. The number of aliphatic imine (C=N–C) groups is 4. The van der Waals surface area contributed by atoms with E-state index in [9.17, 15) is 67.3 Å². The molecule has 0 aromatic rings. The van der Waals surface area contributed by atoms with Gasteiger partial charge in [0.25, 0.3) is 0 Å². The Labute approximate surface area is 496 Å². The highest BCUT2D eigenvalue weighted by molar-refractivity contribution is 14.2. The van der Waals surface area contributed by atoms with Crippen molar-refractivity contribution in [3.63, 3.8) is 0 Å². The van der Waals surface area contributed by atoms with Gasteiger partial charge in [0.15, 0.2) is 0 Å². The second-order valence-electron chi connectivity index (χ2n) is 10.5. The number of amides is 8. The number of rotatable bonds is 32. The molecule has 0 radical (unpaired) electrons. The molecule has 0 aromatic carbocycles. The predicted molar refractivity (Wildman–Crippen MR) is 323 cm³/mol. The fraction of sp³-hybridized carbons (Fsp3) is 0.714. The number of hydrogen-bond acceptors (Lipinski definition) is 24. The van der Waals surface area contributed by atoms with E-state index in [1.165, 1.54) is 39.1 Å². The monoisotopic (exact) mass is 1400 g/mol. The van der Waals surface area contributed by atoms with Gasteiger partial charge in [0.05, 0.1) is 39.4 Å². The van der Waals surface area contributed by atoms with Gasteiger partial charge >= 0.3 is 0 Å². The average Bonchev–Trinajstić information content (AvgIpc) is 3.31. The minimum atomic E-state index is -1.40. The summed E-state index contributed by atoms with van der Waals surface area (Å²) in [5, 5.41) is 24.4. The normalized spacial score (nSPS) is 8.77. The number of hydrogen-bond donors (Lipinski definition) is 12. The van der Waals surface area contributed by atoms with Crippen LogP contribution < -0.4 is 73.9 Å². The number of carbonyl (C=O) groups is 8. The Morgan fingerprint density at radius 1 is 0.410 bits per heavy atom. The highest BCUT2D eigenvalue weighted by Crippen LogP contribution is 2.34. The molecule has 0 aliphatic heterocycles. The average molecular weight is 1400 g/mol. The summed E-state index contributed by atoms with van der Waals surface area (Å²) in [6, 6.07) is 0. The lowest BCUT2D eigenvalue weighted by molar-refractivity contribution is -0.158. The second-order valence-corrected chi connectivity index (χ2v) is 18.8. The fourth-order valence-electron chi connectivity index (χ4n) is 2.86. The van der Waals surface area contributed by atoms with Crippen LogP contribution in [0.25, 0.3) is 0 Å². The maximum atomic E-state index is 11.2. The molecule has 0 saturated carbocycles. The van der Waals surface area contributed by atoms with Crippen LogP contribution in [0.15, 0.2) is 20.0 Å². The Hall–Kier alpha value is -4.72. The van der Waals surface area contributed by atoms with Gasteiger partial charge < -0.3 is 63.0 Å². The minimum absolute atomic E-state index is 0. The lowest BCUT2D eigenvalue weighted by atomic mass is 10.4. The molecule has 0 spiro atoms. The SMILES string of the molecule is C.C.C.C.C.C.C.C.C.C.CCNCNC(=O)CC(=O)NCNOCP([O-])I.CCNCNC(=O)CC(=O)NCNOCP([O-])I.O=C=NCNC(=O)CC(=O)NCN=C=O.O=C=NCNC(=O)CC(=O)NCN=C=O.[2H]C.[2H]C. The Bertz CT molecular complexity index is 1480. The van der Waals surface area contributed by atoms with Gasteiger partial charge in [-0.15, -0.1) is 11.6 Å². The van der Waals surface area contributed by atoms with Crippen LogP contribution in [0.3, 0.4) is 0 Å². The third-order valence-corrected chi connectivity index (χ3v) is 7.87. The van der Waals surface area contributed by atoms with Gasteiger partial charge in [-0.1, -0.05) is 147 Å². The largest absolute Gasteiger partial charge is 0.820 e. The quantitative estimate of drug-likeness (QED) is 0.00663. The Morgan fingerprint density at radius 2 is 0.603 bits per heavy atom. The molecule has 12 N–H and O–H groups in total. The number of hydroxylamine groups is 2. The standard InChI is InChI=1S/2C8H17IN4O4P.2C7H8N4O4.12CH4/c2*1-2-10-4-11-7(14)3-8(15)12-5-13-17-6-18(9)16;2*12-4-8-2-10-6(14)1-7(15)11-3-9-5-13;;;;;;;;;;;;/h2*10,13H,2-6H2,1H3,(H,11,14)(H,12,15);2*1-3H2,(H,10,14)(H,11,15);12*1H4/q2*-1;;;;;;;;;;;;;;/i;;;;2*1D;;;;;;;;;;. The van der Waals surface area contributed by atoms with Gasteiger partial charge in [0, 0.05) is 2.74 Å². The molecule has 468 valence electrons. The molecule has 0 aliphatic rings. The third-order valence-electron chi connectivity index (χ3n) is 5.54. The predicted octanol–water partition coefficient (Wildman–Crippen LogP) is 1.46. The molecule has 78 heavy (non-hydrogen) atoms. The van der Waals surface area contributed by atoms with Crippen molar-refractivity contribution in [2.45, 2.75) is 129 Å². The van der Waals surface area contributed by atoms with Crippen LogP contribution >= 0.6 is 55.7 Å². The number of isocyanates is 4. The number of nitrogens with zero attached hydrogens (tertiary/aromatic N) is 4. The third kappa shape index (κ3) is 107. The number of halogens is 2. The molecule has 2 atom stereocenters. The van der Waals surface area contributed by atoms with Crippen molar-refractivity contribution in [1.29, 1.82) is 0 Å². The van der Waals surface area contributed by atoms with E-state index in [2.05, 4.69) is 84.1 Å². The molecule has 36 heteroatoms. The highest BCUT2D eigenvalue weighted by Gasteiger charge is 2.10. The zero-order valence-electron chi connectivity index (χ0n) is 39.3. The maximum absolute atomic E-state index is 11.2. The molecule has 0 aromatic heterocycles. The van der Waals surface area contributed by atoms with E-state index in [1.807, 2.05) is 13.8 Å². The molecule has 0 bridgehead atoms. The lowest BCUT2D eigenvalue weighted by Gasteiger charge is -2.14. The molecule has 2 unspecified atom stereocenters. The van der Waals surface area contributed by atoms with Gasteiger partial charge in [-0.25, -0.2) is 19.2 Å². The van der Waals surface area contributed by atoms with E-state index < -0.39 is 59.9 Å². The van der Waals surface area contributed by atoms with Crippen molar-refractivity contribution < 1.29 is 79.7 Å². The number of nitrogens with one attached hydrogen (secondary N) is 12. The van der Waals surface area contributed by atoms with Crippen molar-refractivity contribution >= 4 is 127 Å². The molecular weight excluding hydrogens is 1300 g/mol. The van der Waals surface area contributed by atoms with Gasteiger partial charge in [-0.3, -0.25) is 48.0 Å². The first kappa shape index (κ1) is 109. The fourth-order valence-corrected chi connectivity index (χ4v) is 4.08. The number of carbonyl (C=O) groups excluding carboxylic acids is 12. The van der Waals surface area contributed by atoms with Crippen molar-refractivity contribution in [1.82, 2.24) is 64.1 Å². The molecular formula is C42H98I2N16O16P2-2. The topological polar surface area (TPSA) is 463 Å². The van der Waals surface area contributed by atoms with E-state index in [0.717, 1.165) is 13.1 Å². The van der Waals surface area contributed by atoms with Crippen LogP contribution in [0.2, 0.25) is 0 Å². The van der Waals surface area contributed by atoms with E-state index in [-0.39, 0.29) is 152 Å². The van der Waals surface area contributed by atoms with Crippen LogP contribution in [0.1, 0.15) is 131 Å². The molecule has 8 amide bonds. The summed E-state index contributed by atoms with van der Waals surface area (Å²) >= 11 is 3.47. The van der Waals surface area contributed by atoms with E-state index in [4.69, 9.17) is 12.4 Å². The van der Waals surface area contributed by atoms with Gasteiger partial charge in [0.1, 0.15) is 52.4 Å². The first-order valence-corrected chi connectivity index (χ1v) is 26.6.